The largest absolute Gasteiger partial charge is 0.508 e. The van der Waals surface area contributed by atoms with Crippen molar-refractivity contribution in [3.63, 3.8) is 0 Å². The van der Waals surface area contributed by atoms with Crippen molar-refractivity contribution in [2.75, 3.05) is 27.2 Å². The molecule has 0 spiro atoms. The zero-order valence-corrected chi connectivity index (χ0v) is 16.7. The van der Waals surface area contributed by atoms with E-state index in [0.29, 0.717) is 12.6 Å². The molecule has 0 amide bonds. The molecule has 1 aliphatic carbocycles. The third kappa shape index (κ3) is 5.51. The molecule has 1 saturated heterocycles. The fraction of sp³-hybridized carbons (Fsp3) is 0.667. The molecular weight excluding hydrogens is 340 g/mol. The van der Waals surface area contributed by atoms with Crippen molar-refractivity contribution in [3.8, 4) is 11.5 Å². The molecule has 6 nitrogen and oxygen atoms in total. The molecule has 1 aromatic rings. The number of aromatic hydroxyl groups is 1. The average molecular weight is 375 g/mol. The van der Waals surface area contributed by atoms with Crippen molar-refractivity contribution in [2.45, 2.75) is 63.6 Å². The number of piperidine rings is 1. The number of guanidine groups is 1. The van der Waals surface area contributed by atoms with E-state index >= 15 is 0 Å². The van der Waals surface area contributed by atoms with E-state index in [1.165, 1.54) is 45.2 Å². The first kappa shape index (κ1) is 19.8. The minimum Gasteiger partial charge on any atom is -0.508 e. The topological polar surface area (TPSA) is 69.1 Å². The monoisotopic (exact) mass is 374 g/mol. The van der Waals surface area contributed by atoms with Gasteiger partial charge in [-0.15, -0.1) is 0 Å². The lowest BCUT2D eigenvalue weighted by molar-refractivity contribution is 0.119. The molecule has 2 fully saturated rings. The summed E-state index contributed by atoms with van der Waals surface area (Å²) in [4.78, 5) is 7.04. The molecule has 0 bridgehead atoms. The Hall–Kier alpha value is -1.95. The summed E-state index contributed by atoms with van der Waals surface area (Å²) < 4.78 is 5.24. The zero-order valence-electron chi connectivity index (χ0n) is 16.7. The molecule has 3 N–H and O–H groups in total. The number of likely N-dealkylation sites (tertiary alicyclic amines) is 1. The van der Waals surface area contributed by atoms with Crippen molar-refractivity contribution in [2.24, 2.45) is 4.99 Å². The number of phenols is 1. The molecule has 3 rings (SSSR count). The van der Waals surface area contributed by atoms with Gasteiger partial charge in [-0.25, -0.2) is 0 Å². The molecule has 150 valence electrons. The van der Waals surface area contributed by atoms with Crippen LogP contribution in [-0.2, 0) is 6.54 Å². The number of nitrogens with zero attached hydrogens (tertiary/aromatic N) is 2. The smallest absolute Gasteiger partial charge is 0.191 e. The van der Waals surface area contributed by atoms with Gasteiger partial charge in [0, 0.05) is 44.3 Å². The second-order valence-electron chi connectivity index (χ2n) is 7.67. The fourth-order valence-electron chi connectivity index (χ4n) is 4.25. The first-order valence-electron chi connectivity index (χ1n) is 10.3. The van der Waals surface area contributed by atoms with E-state index in [4.69, 9.17) is 4.74 Å². The van der Waals surface area contributed by atoms with Crippen molar-refractivity contribution in [1.82, 2.24) is 15.5 Å². The number of ether oxygens (including phenoxy) is 1. The van der Waals surface area contributed by atoms with Gasteiger partial charge in [0.15, 0.2) is 5.96 Å². The van der Waals surface area contributed by atoms with Gasteiger partial charge in [0.1, 0.15) is 11.5 Å². The van der Waals surface area contributed by atoms with Crippen LogP contribution in [0.4, 0.5) is 0 Å². The van der Waals surface area contributed by atoms with Crippen LogP contribution in [0.3, 0.4) is 0 Å². The van der Waals surface area contributed by atoms with Gasteiger partial charge in [-0.2, -0.15) is 0 Å². The minimum atomic E-state index is 0.263. The highest BCUT2D eigenvalue weighted by molar-refractivity contribution is 5.80. The van der Waals surface area contributed by atoms with Crippen LogP contribution in [0.25, 0.3) is 0 Å². The summed E-state index contributed by atoms with van der Waals surface area (Å²) >= 11 is 0. The number of aliphatic imine (C=N–C) groups is 1. The van der Waals surface area contributed by atoms with Gasteiger partial charge in [0.2, 0.25) is 0 Å². The van der Waals surface area contributed by atoms with Crippen LogP contribution in [0.2, 0.25) is 0 Å². The number of rotatable bonds is 5. The molecule has 1 aromatic carbocycles. The first-order chi connectivity index (χ1) is 13.2. The molecule has 1 aliphatic heterocycles. The summed E-state index contributed by atoms with van der Waals surface area (Å²) in [6.45, 7) is 2.86. The normalized spacial score (nSPS) is 20.4. The van der Waals surface area contributed by atoms with E-state index in [9.17, 15) is 5.11 Å². The third-order valence-electron chi connectivity index (χ3n) is 5.92. The summed E-state index contributed by atoms with van der Waals surface area (Å²) in [6.07, 6.45) is 9.28. The lowest BCUT2D eigenvalue weighted by Crippen LogP contribution is -2.50. The van der Waals surface area contributed by atoms with Crippen LogP contribution < -0.4 is 15.4 Å². The Kier molecular flexibility index (Phi) is 7.21. The number of phenolic OH excluding ortho intramolecular Hbond substituents is 1. The predicted molar refractivity (Wildman–Crippen MR) is 109 cm³/mol. The highest BCUT2D eigenvalue weighted by Crippen LogP contribution is 2.25. The third-order valence-corrected chi connectivity index (χ3v) is 5.92. The van der Waals surface area contributed by atoms with E-state index in [-0.39, 0.29) is 5.75 Å². The van der Waals surface area contributed by atoms with E-state index in [1.807, 2.05) is 6.07 Å². The summed E-state index contributed by atoms with van der Waals surface area (Å²) in [6, 6.07) is 6.53. The Labute approximate surface area is 163 Å². The van der Waals surface area contributed by atoms with Crippen LogP contribution in [-0.4, -0.2) is 55.3 Å². The molecule has 0 unspecified atom stereocenters. The molecule has 0 atom stereocenters. The van der Waals surface area contributed by atoms with Gasteiger partial charge in [-0.1, -0.05) is 19.3 Å². The van der Waals surface area contributed by atoms with Crippen LogP contribution in [0.1, 0.15) is 50.5 Å². The summed E-state index contributed by atoms with van der Waals surface area (Å²) in [7, 11) is 3.42. The van der Waals surface area contributed by atoms with Crippen LogP contribution >= 0.6 is 0 Å². The van der Waals surface area contributed by atoms with E-state index < -0.39 is 0 Å². The van der Waals surface area contributed by atoms with Gasteiger partial charge in [-0.3, -0.25) is 4.99 Å². The van der Waals surface area contributed by atoms with Gasteiger partial charge < -0.3 is 25.4 Å². The molecule has 1 saturated carbocycles. The number of benzene rings is 1. The highest BCUT2D eigenvalue weighted by atomic mass is 16.5. The lowest BCUT2D eigenvalue weighted by atomic mass is 9.92. The zero-order chi connectivity index (χ0) is 19.1. The van der Waals surface area contributed by atoms with Crippen LogP contribution in [0, 0.1) is 0 Å². The number of hydrogen-bond donors (Lipinski definition) is 3. The summed E-state index contributed by atoms with van der Waals surface area (Å²) in [5.41, 5.74) is 0.796. The standard InChI is InChI=1S/C21H34N4O2/c1-22-21(23-15-16-14-19(27-2)8-9-20(16)26)24-17-10-12-25(13-11-17)18-6-4-3-5-7-18/h8-9,14,17-18,26H,3-7,10-13,15H2,1-2H3,(H2,22,23,24). The van der Waals surface area contributed by atoms with Crippen molar-refractivity contribution in [1.29, 1.82) is 0 Å². The Morgan fingerprint density at radius 3 is 2.59 bits per heavy atom. The van der Waals surface area contributed by atoms with Gasteiger partial charge in [0.05, 0.1) is 7.11 Å². The van der Waals surface area contributed by atoms with Gasteiger partial charge >= 0.3 is 0 Å². The Balaban J connectivity index is 1.45. The second-order valence-corrected chi connectivity index (χ2v) is 7.67. The molecular formula is C21H34N4O2. The average Bonchev–Trinajstić information content (AvgIpc) is 2.73. The van der Waals surface area contributed by atoms with Crippen LogP contribution in [0.15, 0.2) is 23.2 Å². The van der Waals surface area contributed by atoms with E-state index in [2.05, 4.69) is 20.5 Å². The first-order valence-corrected chi connectivity index (χ1v) is 10.3. The fourth-order valence-corrected chi connectivity index (χ4v) is 4.25. The quantitative estimate of drug-likeness (QED) is 0.546. The molecule has 0 radical (unpaired) electrons. The number of hydrogen-bond acceptors (Lipinski definition) is 4. The maximum Gasteiger partial charge on any atom is 0.191 e. The predicted octanol–water partition coefficient (Wildman–Crippen LogP) is 2.86. The Morgan fingerprint density at radius 1 is 1.19 bits per heavy atom. The van der Waals surface area contributed by atoms with Crippen LogP contribution in [0.5, 0.6) is 11.5 Å². The van der Waals surface area contributed by atoms with E-state index in [0.717, 1.165) is 36.2 Å². The molecule has 6 heteroatoms. The number of methoxy groups -OCH3 is 1. The molecule has 2 aliphatic rings. The minimum absolute atomic E-state index is 0.263. The Bertz CT molecular complexity index is 621. The SMILES string of the molecule is CN=C(NCc1cc(OC)ccc1O)NC1CCN(C2CCCCC2)CC1. The van der Waals surface area contributed by atoms with Crippen molar-refractivity contribution < 1.29 is 9.84 Å². The maximum atomic E-state index is 10.0. The lowest BCUT2D eigenvalue weighted by Gasteiger charge is -2.39. The molecule has 0 aromatic heterocycles. The summed E-state index contributed by atoms with van der Waals surface area (Å²) in [5, 5.41) is 16.9. The van der Waals surface area contributed by atoms with Gasteiger partial charge in [0.25, 0.3) is 0 Å². The molecule has 1 heterocycles. The van der Waals surface area contributed by atoms with Gasteiger partial charge in [-0.05, 0) is 43.9 Å². The van der Waals surface area contributed by atoms with Crippen molar-refractivity contribution >= 4 is 5.96 Å². The van der Waals surface area contributed by atoms with E-state index in [1.54, 1.807) is 26.3 Å². The Morgan fingerprint density at radius 2 is 1.93 bits per heavy atom. The molecule has 27 heavy (non-hydrogen) atoms. The number of nitrogens with one attached hydrogen (secondary N) is 2. The van der Waals surface area contributed by atoms with Crippen molar-refractivity contribution in [3.05, 3.63) is 23.8 Å². The second kappa shape index (κ2) is 9.83. The highest BCUT2D eigenvalue weighted by Gasteiger charge is 2.26. The summed E-state index contributed by atoms with van der Waals surface area (Å²) in [5.74, 6) is 1.79. The maximum absolute atomic E-state index is 10.0.